The third-order valence-corrected chi connectivity index (χ3v) is 7.27. The molecule has 0 aliphatic carbocycles. The molecule has 2 aromatic heterocycles. The molecule has 3 aromatic rings. The molecule has 1 aliphatic heterocycles. The van der Waals surface area contributed by atoms with Crippen LogP contribution in [0.3, 0.4) is 0 Å². The number of carbonyl (C=O) groups excluding carboxylic acids is 4. The average Bonchev–Trinajstić information content (AvgIpc) is 3.57. The minimum atomic E-state index is -0.900. The molecule has 0 unspecified atom stereocenters. The first-order chi connectivity index (χ1) is 20.1. The van der Waals surface area contributed by atoms with Gasteiger partial charge in [0.2, 0.25) is 23.6 Å². The van der Waals surface area contributed by atoms with E-state index in [1.54, 1.807) is 13.8 Å². The van der Waals surface area contributed by atoms with Crippen LogP contribution in [0.15, 0.2) is 45.5 Å². The third kappa shape index (κ3) is 7.83. The Labute approximate surface area is 244 Å². The van der Waals surface area contributed by atoms with E-state index in [1.165, 1.54) is 6.26 Å². The summed E-state index contributed by atoms with van der Waals surface area (Å²) in [5.74, 6) is -1.21. The van der Waals surface area contributed by atoms with Crippen molar-refractivity contribution in [3.05, 3.63) is 70.8 Å². The Bertz CT molecular complexity index is 1380. The fourth-order valence-electron chi connectivity index (χ4n) is 4.85. The van der Waals surface area contributed by atoms with Gasteiger partial charge in [0.15, 0.2) is 5.69 Å². The summed E-state index contributed by atoms with van der Waals surface area (Å²) in [6.45, 7) is 7.48. The first kappa shape index (κ1) is 30.5. The van der Waals surface area contributed by atoms with Crippen LogP contribution >= 0.6 is 0 Å². The highest BCUT2D eigenvalue weighted by molar-refractivity contribution is 5.93. The number of carbonyl (C=O) groups is 4. The largest absolute Gasteiger partial charge is 0.446 e. The molecule has 0 spiro atoms. The van der Waals surface area contributed by atoms with Gasteiger partial charge in [-0.3, -0.25) is 19.2 Å². The molecule has 4 rings (SSSR count). The Kier molecular flexibility index (Phi) is 10.1. The highest BCUT2D eigenvalue weighted by atomic mass is 16.5. The normalized spacial score (nSPS) is 20.5. The number of rotatable bonds is 6. The molecule has 0 fully saturated rings. The molecule has 0 saturated heterocycles. The molecule has 1 aliphatic rings. The number of aromatic nitrogens is 2. The lowest BCUT2D eigenvalue weighted by Gasteiger charge is -2.27. The SMILES string of the molecule is Cc1noc(C)c1CC(=O)N[C@H]1CCCCNC(=O)c2coc(n2)[C@@H](Cc2ccccc2)NC(=O)[C@H](C(C)C)NC1=O. The van der Waals surface area contributed by atoms with Gasteiger partial charge in [0.1, 0.15) is 30.1 Å². The number of hydrogen-bond acceptors (Lipinski definition) is 8. The number of nitrogens with zero attached hydrogens (tertiary/aromatic N) is 2. The van der Waals surface area contributed by atoms with E-state index in [0.29, 0.717) is 49.2 Å². The van der Waals surface area contributed by atoms with E-state index in [0.717, 1.165) is 5.56 Å². The Morgan fingerprint density at radius 2 is 1.83 bits per heavy atom. The summed E-state index contributed by atoms with van der Waals surface area (Å²) in [5, 5.41) is 15.3. The zero-order chi connectivity index (χ0) is 30.2. The highest BCUT2D eigenvalue weighted by Gasteiger charge is 2.32. The van der Waals surface area contributed by atoms with Gasteiger partial charge < -0.3 is 30.2 Å². The van der Waals surface area contributed by atoms with Crippen LogP contribution in [0, 0.1) is 19.8 Å². The standard InChI is InChI=1S/C30H38N6O6/c1-17(2)26-29(40)33-23(14-20-10-6-5-7-11-20)30-34-24(16-41-30)27(38)31-13-9-8-12-22(28(39)35-26)32-25(37)15-21-18(3)36-42-19(21)4/h5-7,10-11,16-17,22-23,26H,8-9,12-15H2,1-4H3,(H,31,38)(H,32,37)(H,33,40)(H,35,39)/t22-,23+,26-/m0/s1. The van der Waals surface area contributed by atoms with Crippen molar-refractivity contribution in [2.75, 3.05) is 6.54 Å². The number of benzene rings is 1. The van der Waals surface area contributed by atoms with Gasteiger partial charge in [-0.1, -0.05) is 49.3 Å². The van der Waals surface area contributed by atoms with Gasteiger partial charge >= 0.3 is 0 Å². The van der Waals surface area contributed by atoms with E-state index in [4.69, 9.17) is 8.94 Å². The average molecular weight is 579 g/mol. The molecular weight excluding hydrogens is 540 g/mol. The number of fused-ring (bicyclic) bond motifs is 2. The minimum Gasteiger partial charge on any atom is -0.446 e. The van der Waals surface area contributed by atoms with E-state index >= 15 is 0 Å². The molecule has 0 saturated carbocycles. The Morgan fingerprint density at radius 3 is 2.52 bits per heavy atom. The van der Waals surface area contributed by atoms with Gasteiger partial charge in [-0.2, -0.15) is 0 Å². The minimum absolute atomic E-state index is 0.00743. The Balaban J connectivity index is 1.57. The summed E-state index contributed by atoms with van der Waals surface area (Å²) in [4.78, 5) is 57.2. The number of aryl methyl sites for hydroxylation is 2. The van der Waals surface area contributed by atoms with Crippen molar-refractivity contribution < 1.29 is 28.1 Å². The van der Waals surface area contributed by atoms with Crippen molar-refractivity contribution in [3.8, 4) is 0 Å². The van der Waals surface area contributed by atoms with E-state index in [1.807, 2.05) is 44.2 Å². The first-order valence-corrected chi connectivity index (χ1v) is 14.2. The molecule has 224 valence electrons. The van der Waals surface area contributed by atoms with Crippen LogP contribution in [0.25, 0.3) is 0 Å². The summed E-state index contributed by atoms with van der Waals surface area (Å²) in [6, 6.07) is 7.02. The maximum absolute atomic E-state index is 13.6. The van der Waals surface area contributed by atoms with Crippen LogP contribution in [0.4, 0.5) is 0 Å². The monoisotopic (exact) mass is 578 g/mol. The summed E-state index contributed by atoms with van der Waals surface area (Å²) >= 11 is 0. The van der Waals surface area contributed by atoms with Crippen LogP contribution < -0.4 is 21.3 Å². The summed E-state index contributed by atoms with van der Waals surface area (Å²) in [6.07, 6.45) is 3.04. The summed E-state index contributed by atoms with van der Waals surface area (Å²) in [7, 11) is 0. The Hall–Kier alpha value is -4.48. The van der Waals surface area contributed by atoms with E-state index in [9.17, 15) is 19.2 Å². The van der Waals surface area contributed by atoms with Crippen LogP contribution in [0.2, 0.25) is 0 Å². The fraction of sp³-hybridized carbons (Fsp3) is 0.467. The number of nitrogens with one attached hydrogen (secondary N) is 4. The molecular formula is C30H38N6O6. The van der Waals surface area contributed by atoms with Crippen LogP contribution in [0.5, 0.6) is 0 Å². The molecule has 0 radical (unpaired) electrons. The lowest BCUT2D eigenvalue weighted by Crippen LogP contribution is -2.56. The maximum atomic E-state index is 13.6. The molecule has 4 N–H and O–H groups in total. The predicted octanol–water partition coefficient (Wildman–Crippen LogP) is 2.46. The second kappa shape index (κ2) is 13.9. The second-order valence-electron chi connectivity index (χ2n) is 10.9. The molecule has 1 aromatic carbocycles. The van der Waals surface area contributed by atoms with Crippen LogP contribution in [-0.4, -0.2) is 52.4 Å². The highest BCUT2D eigenvalue weighted by Crippen LogP contribution is 2.20. The summed E-state index contributed by atoms with van der Waals surface area (Å²) < 4.78 is 10.8. The van der Waals surface area contributed by atoms with Gasteiger partial charge in [0.05, 0.1) is 12.1 Å². The number of oxazole rings is 1. The maximum Gasteiger partial charge on any atom is 0.273 e. The molecule has 3 heterocycles. The lowest BCUT2D eigenvalue weighted by atomic mass is 10.00. The summed E-state index contributed by atoms with van der Waals surface area (Å²) in [5.41, 5.74) is 2.32. The second-order valence-corrected chi connectivity index (χ2v) is 10.9. The van der Waals surface area contributed by atoms with Gasteiger partial charge in [0.25, 0.3) is 5.91 Å². The Morgan fingerprint density at radius 1 is 1.07 bits per heavy atom. The molecule has 12 heteroatoms. The van der Waals surface area contributed by atoms with Crippen molar-refractivity contribution in [3.63, 3.8) is 0 Å². The quantitative estimate of drug-likeness (QED) is 0.346. The zero-order valence-corrected chi connectivity index (χ0v) is 24.4. The molecule has 2 bridgehead atoms. The van der Waals surface area contributed by atoms with Gasteiger partial charge in [-0.25, -0.2) is 4.98 Å². The van der Waals surface area contributed by atoms with Gasteiger partial charge in [0, 0.05) is 18.5 Å². The van der Waals surface area contributed by atoms with Gasteiger partial charge in [-0.15, -0.1) is 0 Å². The molecule has 4 amide bonds. The molecule has 42 heavy (non-hydrogen) atoms. The van der Waals surface area contributed by atoms with Crippen molar-refractivity contribution in [1.82, 2.24) is 31.4 Å². The van der Waals surface area contributed by atoms with Crippen molar-refractivity contribution in [1.29, 1.82) is 0 Å². The van der Waals surface area contributed by atoms with Crippen molar-refractivity contribution in [2.24, 2.45) is 5.92 Å². The third-order valence-electron chi connectivity index (χ3n) is 7.27. The molecule has 3 atom stereocenters. The molecule has 12 nitrogen and oxygen atoms in total. The van der Waals surface area contributed by atoms with E-state index in [-0.39, 0.29) is 29.8 Å². The topological polar surface area (TPSA) is 168 Å². The van der Waals surface area contributed by atoms with Crippen LogP contribution in [0.1, 0.15) is 78.1 Å². The van der Waals surface area contributed by atoms with Crippen LogP contribution in [-0.2, 0) is 27.2 Å². The number of hydrogen-bond donors (Lipinski definition) is 4. The van der Waals surface area contributed by atoms with E-state index in [2.05, 4.69) is 31.4 Å². The lowest BCUT2D eigenvalue weighted by molar-refractivity contribution is -0.133. The predicted molar refractivity (Wildman–Crippen MR) is 152 cm³/mol. The van der Waals surface area contributed by atoms with E-state index < -0.39 is 35.8 Å². The fourth-order valence-corrected chi connectivity index (χ4v) is 4.85. The van der Waals surface area contributed by atoms with Gasteiger partial charge in [-0.05, 0) is 44.6 Å². The van der Waals surface area contributed by atoms with Crippen molar-refractivity contribution >= 4 is 23.6 Å². The number of amides is 4. The zero-order valence-electron chi connectivity index (χ0n) is 24.4. The first-order valence-electron chi connectivity index (χ1n) is 14.2. The smallest absolute Gasteiger partial charge is 0.273 e. The van der Waals surface area contributed by atoms with Crippen molar-refractivity contribution in [2.45, 2.75) is 77.9 Å².